The second-order valence-corrected chi connectivity index (χ2v) is 6.16. The Morgan fingerprint density at radius 3 is 2.80 bits per heavy atom. The molecule has 2 aromatic carbocycles. The van der Waals surface area contributed by atoms with Crippen molar-refractivity contribution >= 4 is 27.5 Å². The molecule has 2 atom stereocenters. The van der Waals surface area contributed by atoms with Crippen molar-refractivity contribution in [1.29, 1.82) is 0 Å². The lowest BCUT2D eigenvalue weighted by Crippen LogP contribution is -2.24. The number of fused-ring (bicyclic) bond motifs is 1. The fourth-order valence-electron chi connectivity index (χ4n) is 2.40. The molecule has 0 saturated heterocycles. The second kappa shape index (κ2) is 5.28. The Morgan fingerprint density at radius 1 is 1.25 bits per heavy atom. The largest absolute Gasteiger partial charge is 0.506 e. The van der Waals surface area contributed by atoms with Crippen molar-refractivity contribution in [3.05, 3.63) is 57.0 Å². The van der Waals surface area contributed by atoms with Crippen molar-refractivity contribution in [1.82, 2.24) is 0 Å². The van der Waals surface area contributed by atoms with Crippen molar-refractivity contribution < 1.29 is 9.84 Å². The number of nitrogens with two attached hydrogens (primary N) is 1. The topological polar surface area (TPSA) is 55.5 Å². The first-order chi connectivity index (χ1) is 9.54. The highest BCUT2D eigenvalue weighted by molar-refractivity contribution is 9.10. The zero-order valence-corrected chi connectivity index (χ0v) is 12.9. The maximum atomic E-state index is 9.48. The average Bonchev–Trinajstić information content (AvgIpc) is 2.42. The molecule has 0 saturated carbocycles. The van der Waals surface area contributed by atoms with E-state index in [0.29, 0.717) is 11.4 Å². The first kappa shape index (κ1) is 13.7. The first-order valence-corrected chi connectivity index (χ1v) is 7.42. The maximum absolute atomic E-state index is 9.48. The van der Waals surface area contributed by atoms with Crippen LogP contribution in [0.4, 0.5) is 0 Å². The molecule has 5 heteroatoms. The van der Waals surface area contributed by atoms with Crippen LogP contribution >= 0.6 is 27.5 Å². The lowest BCUT2D eigenvalue weighted by molar-refractivity contribution is 0.161. The molecule has 20 heavy (non-hydrogen) atoms. The van der Waals surface area contributed by atoms with Crippen LogP contribution in [0.2, 0.25) is 5.02 Å². The summed E-state index contributed by atoms with van der Waals surface area (Å²) in [6, 6.07) is 10.8. The normalized spacial score (nSPS) is 21.1. The Kier molecular flexibility index (Phi) is 3.63. The molecule has 2 aromatic rings. The van der Waals surface area contributed by atoms with Crippen LogP contribution < -0.4 is 10.5 Å². The predicted molar refractivity (Wildman–Crippen MR) is 82.2 cm³/mol. The zero-order valence-electron chi connectivity index (χ0n) is 10.5. The fourth-order valence-corrected chi connectivity index (χ4v) is 2.97. The van der Waals surface area contributed by atoms with Crippen molar-refractivity contribution in [3.63, 3.8) is 0 Å². The Balaban J connectivity index is 1.94. The molecule has 0 radical (unpaired) electrons. The molecule has 0 aliphatic carbocycles. The van der Waals surface area contributed by atoms with E-state index in [2.05, 4.69) is 15.9 Å². The monoisotopic (exact) mass is 353 g/mol. The molecule has 1 heterocycles. The van der Waals surface area contributed by atoms with Gasteiger partial charge in [-0.1, -0.05) is 33.6 Å². The summed E-state index contributed by atoms with van der Waals surface area (Å²) in [6.45, 7) is 0. The van der Waals surface area contributed by atoms with Crippen molar-refractivity contribution in [3.8, 4) is 11.5 Å². The van der Waals surface area contributed by atoms with Crippen LogP contribution in [0.3, 0.4) is 0 Å². The van der Waals surface area contributed by atoms with Gasteiger partial charge in [0, 0.05) is 22.5 Å². The summed E-state index contributed by atoms with van der Waals surface area (Å²) in [5.74, 6) is 0.862. The molecule has 0 amide bonds. The van der Waals surface area contributed by atoms with Crippen LogP contribution in [-0.2, 0) is 0 Å². The minimum absolute atomic E-state index is 0.0693. The minimum Gasteiger partial charge on any atom is -0.506 e. The van der Waals surface area contributed by atoms with E-state index in [-0.39, 0.29) is 17.9 Å². The fraction of sp³-hybridized carbons (Fsp3) is 0.200. The van der Waals surface area contributed by atoms with E-state index in [1.807, 2.05) is 24.3 Å². The summed E-state index contributed by atoms with van der Waals surface area (Å²) in [5, 5.41) is 9.80. The third kappa shape index (κ3) is 2.51. The molecule has 3 rings (SSSR count). The maximum Gasteiger partial charge on any atom is 0.134 e. The van der Waals surface area contributed by atoms with Gasteiger partial charge in [-0.15, -0.1) is 0 Å². The minimum atomic E-state index is -0.156. The lowest BCUT2D eigenvalue weighted by atomic mass is 9.93. The molecule has 0 spiro atoms. The molecule has 1 unspecified atom stereocenters. The van der Waals surface area contributed by atoms with E-state index in [9.17, 15) is 5.11 Å². The van der Waals surface area contributed by atoms with Gasteiger partial charge in [0.25, 0.3) is 0 Å². The highest BCUT2D eigenvalue weighted by Gasteiger charge is 2.27. The van der Waals surface area contributed by atoms with Crippen LogP contribution in [0.1, 0.15) is 29.7 Å². The number of hydrogen-bond donors (Lipinski definition) is 2. The standard InChI is InChI=1S/C15H13BrClNO2/c16-9-2-4-14-10(6-9)12(18)7-15(20-14)8-1-3-13(19)11(17)5-8/h1-6,12,15,19H,7,18H2/t12-,15?/m0/s1. The first-order valence-electron chi connectivity index (χ1n) is 6.24. The van der Waals surface area contributed by atoms with Gasteiger partial charge in [-0.2, -0.15) is 0 Å². The van der Waals surface area contributed by atoms with Crippen LogP contribution in [0.15, 0.2) is 40.9 Å². The Bertz CT molecular complexity index is 662. The molecule has 104 valence electrons. The highest BCUT2D eigenvalue weighted by atomic mass is 79.9. The van der Waals surface area contributed by atoms with E-state index < -0.39 is 0 Å². The van der Waals surface area contributed by atoms with Crippen molar-refractivity contribution in [2.45, 2.75) is 18.6 Å². The molecule has 0 bridgehead atoms. The SMILES string of the molecule is N[C@H]1CC(c2ccc(O)c(Cl)c2)Oc2ccc(Br)cc21. The number of phenolic OH excluding ortho intramolecular Hbond substituents is 1. The molecular formula is C15H13BrClNO2. The van der Waals surface area contributed by atoms with Crippen molar-refractivity contribution in [2.24, 2.45) is 5.73 Å². The van der Waals surface area contributed by atoms with Gasteiger partial charge < -0.3 is 15.6 Å². The number of hydrogen-bond acceptors (Lipinski definition) is 3. The predicted octanol–water partition coefficient (Wildman–Crippen LogP) is 4.33. The third-order valence-electron chi connectivity index (χ3n) is 3.45. The summed E-state index contributed by atoms with van der Waals surface area (Å²) >= 11 is 9.39. The van der Waals surface area contributed by atoms with E-state index >= 15 is 0 Å². The smallest absolute Gasteiger partial charge is 0.134 e. The Hall–Kier alpha value is -1.23. The van der Waals surface area contributed by atoms with Crippen LogP contribution in [0.25, 0.3) is 0 Å². The summed E-state index contributed by atoms with van der Waals surface area (Å²) in [6.07, 6.45) is 0.515. The summed E-state index contributed by atoms with van der Waals surface area (Å²) in [5.41, 5.74) is 8.14. The number of rotatable bonds is 1. The second-order valence-electron chi connectivity index (χ2n) is 4.84. The number of phenols is 1. The Labute approximate surface area is 130 Å². The molecule has 3 nitrogen and oxygen atoms in total. The molecule has 0 aromatic heterocycles. The number of ether oxygens (including phenoxy) is 1. The number of aromatic hydroxyl groups is 1. The summed E-state index contributed by atoms with van der Waals surface area (Å²) in [4.78, 5) is 0. The van der Waals surface area contributed by atoms with Gasteiger partial charge in [0.2, 0.25) is 0 Å². The van der Waals surface area contributed by atoms with Gasteiger partial charge >= 0.3 is 0 Å². The molecule has 1 aliphatic heterocycles. The molecule has 3 N–H and O–H groups in total. The number of benzene rings is 2. The Morgan fingerprint density at radius 2 is 2.05 bits per heavy atom. The van der Waals surface area contributed by atoms with Crippen LogP contribution in [0.5, 0.6) is 11.5 Å². The van der Waals surface area contributed by atoms with Crippen LogP contribution in [-0.4, -0.2) is 5.11 Å². The lowest BCUT2D eigenvalue weighted by Gasteiger charge is -2.30. The van der Waals surface area contributed by atoms with E-state index in [0.717, 1.165) is 21.3 Å². The van der Waals surface area contributed by atoms with Gasteiger partial charge in [-0.05, 0) is 35.9 Å². The zero-order chi connectivity index (χ0) is 14.3. The highest BCUT2D eigenvalue weighted by Crippen LogP contribution is 2.41. The van der Waals surface area contributed by atoms with E-state index in [1.54, 1.807) is 12.1 Å². The molecule has 0 fully saturated rings. The van der Waals surface area contributed by atoms with E-state index in [1.165, 1.54) is 0 Å². The third-order valence-corrected chi connectivity index (χ3v) is 4.25. The van der Waals surface area contributed by atoms with E-state index in [4.69, 9.17) is 22.1 Å². The van der Waals surface area contributed by atoms with Gasteiger partial charge in [0.15, 0.2) is 0 Å². The van der Waals surface area contributed by atoms with Gasteiger partial charge in [0.1, 0.15) is 17.6 Å². The number of halogens is 2. The van der Waals surface area contributed by atoms with Gasteiger partial charge in [-0.3, -0.25) is 0 Å². The quantitative estimate of drug-likeness (QED) is 0.801. The molecule has 1 aliphatic rings. The summed E-state index contributed by atoms with van der Waals surface area (Å²) < 4.78 is 6.98. The molecular weight excluding hydrogens is 342 g/mol. The van der Waals surface area contributed by atoms with Gasteiger partial charge in [-0.25, -0.2) is 0 Å². The average molecular weight is 355 g/mol. The van der Waals surface area contributed by atoms with Gasteiger partial charge in [0.05, 0.1) is 5.02 Å². The summed E-state index contributed by atoms with van der Waals surface area (Å²) in [7, 11) is 0. The van der Waals surface area contributed by atoms with Crippen LogP contribution in [0, 0.1) is 0 Å². The van der Waals surface area contributed by atoms with Crippen molar-refractivity contribution in [2.75, 3.05) is 0 Å².